The van der Waals surface area contributed by atoms with Crippen LogP contribution in [0, 0.1) is 0 Å². The highest BCUT2D eigenvalue weighted by molar-refractivity contribution is 7.18. The quantitative estimate of drug-likeness (QED) is 0.940. The van der Waals surface area contributed by atoms with Gasteiger partial charge in [-0.2, -0.15) is 0 Å². The van der Waals surface area contributed by atoms with Crippen LogP contribution in [0.3, 0.4) is 0 Å². The van der Waals surface area contributed by atoms with Gasteiger partial charge in [0.05, 0.1) is 11.3 Å². The average Bonchev–Trinajstić information content (AvgIpc) is 2.62. The molecule has 2 rings (SSSR count). The van der Waals surface area contributed by atoms with E-state index in [1.165, 1.54) is 0 Å². The molecule has 0 aliphatic carbocycles. The Hall–Kier alpha value is -0.550. The van der Waals surface area contributed by atoms with Gasteiger partial charge >= 0.3 is 0 Å². The van der Waals surface area contributed by atoms with Crippen molar-refractivity contribution in [1.82, 2.24) is 4.98 Å². The number of nitrogens with two attached hydrogens (primary N) is 1. The topological polar surface area (TPSA) is 48.1 Å². The molecule has 2 N–H and O–H groups in total. The van der Waals surface area contributed by atoms with Gasteiger partial charge in [0.25, 0.3) is 0 Å². The normalized spacial score (nSPS) is 9.38. The summed E-state index contributed by atoms with van der Waals surface area (Å²) < 4.78 is 6.62. The van der Waals surface area contributed by atoms with E-state index < -0.39 is 0 Å². The molecule has 0 unspecified atom stereocenters. The van der Waals surface area contributed by atoms with Gasteiger partial charge in [-0.15, -0.1) is 36.2 Å². The number of halogens is 2. The molecule has 1 heterocycles. The van der Waals surface area contributed by atoms with Crippen molar-refractivity contribution in [3.8, 4) is 5.75 Å². The zero-order valence-corrected chi connectivity index (χ0v) is 11.3. The highest BCUT2D eigenvalue weighted by Crippen LogP contribution is 2.29. The Balaban J connectivity index is 0.00000112. The van der Waals surface area contributed by atoms with Crippen molar-refractivity contribution in [2.45, 2.75) is 13.5 Å². The minimum absolute atomic E-state index is 0. The second-order valence-corrected chi connectivity index (χ2v) is 3.96. The summed E-state index contributed by atoms with van der Waals surface area (Å²) in [7, 11) is 0. The van der Waals surface area contributed by atoms with Crippen molar-refractivity contribution in [3.63, 3.8) is 0 Å². The molecule has 0 saturated heterocycles. The molecule has 3 nitrogen and oxygen atoms in total. The summed E-state index contributed by atoms with van der Waals surface area (Å²) in [5, 5.41) is 0.951. The molecule has 90 valence electrons. The number of para-hydroxylation sites is 1. The molecule has 0 spiro atoms. The second kappa shape index (κ2) is 6.91. The van der Waals surface area contributed by atoms with Gasteiger partial charge < -0.3 is 10.5 Å². The van der Waals surface area contributed by atoms with Gasteiger partial charge in [-0.25, -0.2) is 4.98 Å². The molecule has 0 aliphatic heterocycles. The molecule has 1 aromatic heterocycles. The molecule has 0 bridgehead atoms. The number of rotatable bonds is 3. The van der Waals surface area contributed by atoms with Crippen molar-refractivity contribution < 1.29 is 4.74 Å². The van der Waals surface area contributed by atoms with E-state index in [-0.39, 0.29) is 24.8 Å². The van der Waals surface area contributed by atoms with Crippen LogP contribution in [0.15, 0.2) is 18.2 Å². The van der Waals surface area contributed by atoms with Gasteiger partial charge in [-0.1, -0.05) is 6.07 Å². The maximum Gasteiger partial charge on any atom is 0.146 e. The summed E-state index contributed by atoms with van der Waals surface area (Å²) >= 11 is 1.62. The molecule has 0 aliphatic rings. The summed E-state index contributed by atoms with van der Waals surface area (Å²) in [6.07, 6.45) is 0. The Kier molecular flexibility index (Phi) is 6.67. The molecular formula is C10H14Cl2N2OS. The lowest BCUT2D eigenvalue weighted by Gasteiger charge is -2.01. The van der Waals surface area contributed by atoms with Crippen molar-refractivity contribution >= 4 is 46.4 Å². The van der Waals surface area contributed by atoms with E-state index in [0.29, 0.717) is 13.2 Å². The predicted molar refractivity (Wildman–Crippen MR) is 73.2 cm³/mol. The first-order valence-electron chi connectivity index (χ1n) is 4.56. The van der Waals surface area contributed by atoms with Crippen LogP contribution in [-0.4, -0.2) is 11.6 Å². The van der Waals surface area contributed by atoms with Gasteiger partial charge in [-0.3, -0.25) is 0 Å². The molecule has 1 aromatic carbocycles. The van der Waals surface area contributed by atoms with Crippen LogP contribution in [-0.2, 0) is 6.54 Å². The third-order valence-corrected chi connectivity index (χ3v) is 2.94. The Bertz CT molecular complexity index is 447. The second-order valence-electron chi connectivity index (χ2n) is 2.85. The summed E-state index contributed by atoms with van der Waals surface area (Å²) in [4.78, 5) is 4.42. The number of fused-ring (bicyclic) bond motifs is 1. The van der Waals surface area contributed by atoms with Crippen LogP contribution in [0.5, 0.6) is 5.75 Å². The molecular weight excluding hydrogens is 267 g/mol. The van der Waals surface area contributed by atoms with E-state index in [0.717, 1.165) is 21.0 Å². The molecule has 0 atom stereocenters. The summed E-state index contributed by atoms with van der Waals surface area (Å²) in [6, 6.07) is 5.95. The first-order valence-corrected chi connectivity index (χ1v) is 5.38. The molecule has 0 fully saturated rings. The lowest BCUT2D eigenvalue weighted by molar-refractivity contribution is 0.343. The summed E-state index contributed by atoms with van der Waals surface area (Å²) in [5.41, 5.74) is 6.48. The summed E-state index contributed by atoms with van der Waals surface area (Å²) in [5.74, 6) is 0.848. The van der Waals surface area contributed by atoms with Crippen molar-refractivity contribution in [2.24, 2.45) is 5.73 Å². The SMILES string of the molecule is CCOc1cccc2sc(CN)nc12.Cl.Cl. The van der Waals surface area contributed by atoms with E-state index in [9.17, 15) is 0 Å². The van der Waals surface area contributed by atoms with Crippen LogP contribution in [0.2, 0.25) is 0 Å². The van der Waals surface area contributed by atoms with E-state index >= 15 is 0 Å². The van der Waals surface area contributed by atoms with Crippen molar-refractivity contribution in [1.29, 1.82) is 0 Å². The van der Waals surface area contributed by atoms with Crippen LogP contribution < -0.4 is 10.5 Å². The van der Waals surface area contributed by atoms with Crippen LogP contribution in [0.1, 0.15) is 11.9 Å². The lowest BCUT2D eigenvalue weighted by atomic mass is 10.3. The van der Waals surface area contributed by atoms with Gasteiger partial charge in [0.15, 0.2) is 0 Å². The number of benzene rings is 1. The first-order chi connectivity index (χ1) is 6.85. The Morgan fingerprint density at radius 2 is 2.12 bits per heavy atom. The molecule has 0 radical (unpaired) electrons. The maximum atomic E-state index is 5.54. The number of ether oxygens (including phenoxy) is 1. The number of nitrogens with zero attached hydrogens (tertiary/aromatic N) is 1. The molecule has 6 heteroatoms. The predicted octanol–water partition coefficient (Wildman–Crippen LogP) is 3.00. The van der Waals surface area contributed by atoms with E-state index in [4.69, 9.17) is 10.5 Å². The monoisotopic (exact) mass is 280 g/mol. The van der Waals surface area contributed by atoms with E-state index in [1.54, 1.807) is 11.3 Å². The van der Waals surface area contributed by atoms with Gasteiger partial charge in [-0.05, 0) is 19.1 Å². The fraction of sp³-hybridized carbons (Fsp3) is 0.300. The Morgan fingerprint density at radius 1 is 1.38 bits per heavy atom. The fourth-order valence-electron chi connectivity index (χ4n) is 1.33. The highest BCUT2D eigenvalue weighted by atomic mass is 35.5. The minimum Gasteiger partial charge on any atom is -0.492 e. The number of aromatic nitrogens is 1. The van der Waals surface area contributed by atoms with E-state index in [1.807, 2.05) is 25.1 Å². The Labute approximate surface area is 111 Å². The summed E-state index contributed by atoms with van der Waals surface area (Å²) in [6.45, 7) is 3.12. The molecule has 2 aromatic rings. The zero-order chi connectivity index (χ0) is 9.97. The minimum atomic E-state index is 0. The van der Waals surface area contributed by atoms with Crippen molar-refractivity contribution in [2.75, 3.05) is 6.61 Å². The van der Waals surface area contributed by atoms with E-state index in [2.05, 4.69) is 4.98 Å². The number of thiazole rings is 1. The third-order valence-electron chi connectivity index (χ3n) is 1.90. The fourth-order valence-corrected chi connectivity index (χ4v) is 2.19. The lowest BCUT2D eigenvalue weighted by Crippen LogP contribution is -1.95. The standard InChI is InChI=1S/C10H12N2OS.2ClH/c1-2-13-7-4-3-5-8-10(7)12-9(6-11)14-8;;/h3-5H,2,6,11H2,1H3;2*1H. The highest BCUT2D eigenvalue weighted by Gasteiger charge is 2.06. The van der Waals surface area contributed by atoms with Gasteiger partial charge in [0.2, 0.25) is 0 Å². The molecule has 0 saturated carbocycles. The Morgan fingerprint density at radius 3 is 2.75 bits per heavy atom. The van der Waals surface area contributed by atoms with Gasteiger partial charge in [0.1, 0.15) is 16.3 Å². The number of hydrogen-bond donors (Lipinski definition) is 1. The van der Waals surface area contributed by atoms with Crippen LogP contribution in [0.4, 0.5) is 0 Å². The van der Waals surface area contributed by atoms with Crippen molar-refractivity contribution in [3.05, 3.63) is 23.2 Å². The zero-order valence-electron chi connectivity index (χ0n) is 8.80. The smallest absolute Gasteiger partial charge is 0.146 e. The number of hydrogen-bond acceptors (Lipinski definition) is 4. The first kappa shape index (κ1) is 15.4. The van der Waals surface area contributed by atoms with Gasteiger partial charge in [0, 0.05) is 6.54 Å². The average molecular weight is 281 g/mol. The maximum absolute atomic E-state index is 5.54. The van der Waals surface area contributed by atoms with Crippen LogP contribution in [0.25, 0.3) is 10.2 Å². The molecule has 0 amide bonds. The third kappa shape index (κ3) is 2.98. The largest absolute Gasteiger partial charge is 0.492 e. The molecule has 16 heavy (non-hydrogen) atoms. The van der Waals surface area contributed by atoms with Crippen LogP contribution >= 0.6 is 36.2 Å².